The molecule has 0 aliphatic carbocycles. The molecule has 0 rings (SSSR count). The molecule has 0 amide bonds. The summed E-state index contributed by atoms with van der Waals surface area (Å²) in [7, 11) is 0. The van der Waals surface area contributed by atoms with Crippen LogP contribution in [-0.2, 0) is 28.6 Å². The van der Waals surface area contributed by atoms with Gasteiger partial charge in [0.1, 0.15) is 13.2 Å². The first-order chi connectivity index (χ1) is 31.5. The third-order valence-electron chi connectivity index (χ3n) is 11.8. The Labute approximate surface area is 396 Å². The standard InChI is InChI=1S/C58H102O6/c1-4-7-10-13-16-18-20-22-24-25-26-27-28-29-30-31-32-34-35-37-39-42-45-48-51-57(60)63-54-55(53-62-56(59)50-47-44-41-15-12-9-6-3)64-58(61)52-49-46-43-40-38-36-33-23-21-19-17-14-11-8-5-2/h8,11,17,19,23,33,38,40,46,49,55H,4-7,9-10,12-16,18,20-22,24-32,34-37,39,41-45,47-48,50-54H2,1-3H3/b11-8-,19-17-,33-23-,40-38-,49-46-. The Morgan fingerprint density at radius 1 is 0.328 bits per heavy atom. The molecule has 0 N–H and O–H groups in total. The molecule has 0 radical (unpaired) electrons. The zero-order valence-corrected chi connectivity index (χ0v) is 42.3. The maximum atomic E-state index is 12.7. The molecule has 6 nitrogen and oxygen atoms in total. The molecule has 0 aromatic rings. The smallest absolute Gasteiger partial charge is 0.310 e. The van der Waals surface area contributed by atoms with Crippen LogP contribution in [0.4, 0.5) is 0 Å². The van der Waals surface area contributed by atoms with Gasteiger partial charge in [0.15, 0.2) is 6.10 Å². The van der Waals surface area contributed by atoms with Gasteiger partial charge in [0.25, 0.3) is 0 Å². The van der Waals surface area contributed by atoms with Crippen molar-refractivity contribution in [3.63, 3.8) is 0 Å². The minimum Gasteiger partial charge on any atom is -0.462 e. The third-order valence-corrected chi connectivity index (χ3v) is 11.8. The van der Waals surface area contributed by atoms with Crippen molar-refractivity contribution in [1.82, 2.24) is 0 Å². The molecule has 64 heavy (non-hydrogen) atoms. The van der Waals surface area contributed by atoms with Crippen LogP contribution in [0.15, 0.2) is 60.8 Å². The average molecular weight is 895 g/mol. The molecular formula is C58H102O6. The van der Waals surface area contributed by atoms with Gasteiger partial charge in [0.2, 0.25) is 0 Å². The number of unbranched alkanes of at least 4 members (excludes halogenated alkanes) is 29. The molecule has 0 aliphatic rings. The lowest BCUT2D eigenvalue weighted by Crippen LogP contribution is -2.30. The fourth-order valence-corrected chi connectivity index (χ4v) is 7.75. The van der Waals surface area contributed by atoms with Gasteiger partial charge in [-0.25, -0.2) is 0 Å². The second-order valence-electron chi connectivity index (χ2n) is 18.1. The highest BCUT2D eigenvalue weighted by Gasteiger charge is 2.19. The van der Waals surface area contributed by atoms with Crippen molar-refractivity contribution >= 4 is 17.9 Å². The van der Waals surface area contributed by atoms with E-state index in [1.54, 1.807) is 6.08 Å². The minimum atomic E-state index is -0.823. The van der Waals surface area contributed by atoms with Crippen molar-refractivity contribution in [2.45, 2.75) is 277 Å². The summed E-state index contributed by atoms with van der Waals surface area (Å²) in [5, 5.41) is 0. The molecule has 370 valence electrons. The van der Waals surface area contributed by atoms with E-state index in [4.69, 9.17) is 14.2 Å². The van der Waals surface area contributed by atoms with Crippen LogP contribution in [0, 0.1) is 0 Å². The van der Waals surface area contributed by atoms with E-state index in [1.165, 1.54) is 161 Å². The summed E-state index contributed by atoms with van der Waals surface area (Å²) >= 11 is 0. The maximum absolute atomic E-state index is 12.7. The van der Waals surface area contributed by atoms with Crippen LogP contribution < -0.4 is 0 Å². The Morgan fingerprint density at radius 3 is 0.891 bits per heavy atom. The van der Waals surface area contributed by atoms with Crippen LogP contribution in [0.25, 0.3) is 0 Å². The number of hydrogen-bond acceptors (Lipinski definition) is 6. The normalized spacial score (nSPS) is 12.5. The number of rotatable bonds is 49. The van der Waals surface area contributed by atoms with Crippen LogP contribution in [0.5, 0.6) is 0 Å². The lowest BCUT2D eigenvalue weighted by atomic mass is 10.0. The van der Waals surface area contributed by atoms with Gasteiger partial charge < -0.3 is 14.2 Å². The van der Waals surface area contributed by atoms with Gasteiger partial charge in [-0.3, -0.25) is 14.4 Å². The van der Waals surface area contributed by atoms with Crippen molar-refractivity contribution in [2.75, 3.05) is 13.2 Å². The Balaban J connectivity index is 4.20. The van der Waals surface area contributed by atoms with Gasteiger partial charge in [-0.05, 0) is 44.9 Å². The van der Waals surface area contributed by atoms with Crippen LogP contribution in [-0.4, -0.2) is 37.2 Å². The van der Waals surface area contributed by atoms with Crippen LogP contribution in [0.1, 0.15) is 271 Å². The highest BCUT2D eigenvalue weighted by Crippen LogP contribution is 2.16. The average Bonchev–Trinajstić information content (AvgIpc) is 3.29. The van der Waals surface area contributed by atoms with Gasteiger partial charge in [0.05, 0.1) is 6.42 Å². The van der Waals surface area contributed by atoms with Gasteiger partial charge in [-0.1, -0.05) is 268 Å². The van der Waals surface area contributed by atoms with Crippen molar-refractivity contribution in [3.05, 3.63) is 60.8 Å². The first-order valence-corrected chi connectivity index (χ1v) is 27.3. The first-order valence-electron chi connectivity index (χ1n) is 27.3. The van der Waals surface area contributed by atoms with Gasteiger partial charge in [-0.2, -0.15) is 0 Å². The maximum Gasteiger partial charge on any atom is 0.310 e. The molecule has 0 saturated heterocycles. The second kappa shape index (κ2) is 52.7. The lowest BCUT2D eigenvalue weighted by molar-refractivity contribution is -0.166. The Bertz CT molecular complexity index is 1170. The summed E-state index contributed by atoms with van der Waals surface area (Å²) < 4.78 is 16.6. The lowest BCUT2D eigenvalue weighted by Gasteiger charge is -2.18. The Kier molecular flexibility index (Phi) is 50.4. The van der Waals surface area contributed by atoms with Crippen molar-refractivity contribution in [2.24, 2.45) is 0 Å². The minimum absolute atomic E-state index is 0.101. The SMILES string of the molecule is CC/C=C\C/C=C\C/C=C\C/C=C\C/C=C\CC(=O)OC(COC(=O)CCCCCCCCC)COC(=O)CCCCCCCCCCCCCCCCCCCCCCCCCC. The summed E-state index contributed by atoms with van der Waals surface area (Å²) in [5.74, 6) is -1.04. The van der Waals surface area contributed by atoms with E-state index in [1.807, 2.05) is 6.08 Å². The van der Waals surface area contributed by atoms with E-state index in [9.17, 15) is 14.4 Å². The third kappa shape index (κ3) is 50.1. The number of esters is 3. The quantitative estimate of drug-likeness (QED) is 0.0262. The van der Waals surface area contributed by atoms with E-state index >= 15 is 0 Å². The molecule has 0 heterocycles. The van der Waals surface area contributed by atoms with Gasteiger partial charge in [-0.15, -0.1) is 0 Å². The molecule has 0 aromatic carbocycles. The number of carbonyl (C=O) groups is 3. The number of ether oxygens (including phenoxy) is 3. The Morgan fingerprint density at radius 2 is 0.594 bits per heavy atom. The predicted octanol–water partition coefficient (Wildman–Crippen LogP) is 18.0. The highest BCUT2D eigenvalue weighted by atomic mass is 16.6. The van der Waals surface area contributed by atoms with Gasteiger partial charge in [0, 0.05) is 12.8 Å². The first kappa shape index (κ1) is 61.1. The molecule has 0 fully saturated rings. The molecule has 0 aliphatic heterocycles. The van der Waals surface area contributed by atoms with E-state index in [2.05, 4.69) is 69.4 Å². The molecule has 0 bridgehead atoms. The fraction of sp³-hybridized carbons (Fsp3) is 0.776. The topological polar surface area (TPSA) is 78.9 Å². The van der Waals surface area contributed by atoms with E-state index < -0.39 is 12.1 Å². The van der Waals surface area contributed by atoms with Gasteiger partial charge >= 0.3 is 17.9 Å². The molecule has 1 atom stereocenters. The summed E-state index contributed by atoms with van der Waals surface area (Å²) in [4.78, 5) is 37.8. The zero-order valence-electron chi connectivity index (χ0n) is 42.3. The molecule has 1 unspecified atom stereocenters. The molecular weight excluding hydrogens is 793 g/mol. The largest absolute Gasteiger partial charge is 0.462 e. The number of carbonyl (C=O) groups excluding carboxylic acids is 3. The second-order valence-corrected chi connectivity index (χ2v) is 18.1. The van der Waals surface area contributed by atoms with Crippen LogP contribution in [0.3, 0.4) is 0 Å². The molecule has 0 saturated carbocycles. The number of hydrogen-bond donors (Lipinski definition) is 0. The Hall–Kier alpha value is -2.89. The summed E-state index contributed by atoms with van der Waals surface area (Å²) in [5.41, 5.74) is 0. The summed E-state index contributed by atoms with van der Waals surface area (Å²) in [6, 6.07) is 0. The highest BCUT2D eigenvalue weighted by molar-refractivity contribution is 5.72. The van der Waals surface area contributed by atoms with Crippen molar-refractivity contribution < 1.29 is 28.6 Å². The van der Waals surface area contributed by atoms with E-state index in [0.29, 0.717) is 12.8 Å². The van der Waals surface area contributed by atoms with Crippen LogP contribution in [0.2, 0.25) is 0 Å². The van der Waals surface area contributed by atoms with Crippen LogP contribution >= 0.6 is 0 Å². The van der Waals surface area contributed by atoms with Crippen molar-refractivity contribution in [1.29, 1.82) is 0 Å². The summed E-state index contributed by atoms with van der Waals surface area (Å²) in [6.07, 6.45) is 65.6. The summed E-state index contributed by atoms with van der Waals surface area (Å²) in [6.45, 7) is 6.42. The molecule has 6 heteroatoms. The predicted molar refractivity (Wildman–Crippen MR) is 275 cm³/mol. The van der Waals surface area contributed by atoms with E-state index in [-0.39, 0.29) is 31.6 Å². The molecule has 0 spiro atoms. The van der Waals surface area contributed by atoms with Crippen molar-refractivity contribution in [3.8, 4) is 0 Å². The number of allylic oxidation sites excluding steroid dienone is 9. The van der Waals surface area contributed by atoms with E-state index in [0.717, 1.165) is 70.6 Å². The fourth-order valence-electron chi connectivity index (χ4n) is 7.75. The zero-order chi connectivity index (χ0) is 46.5. The molecule has 0 aromatic heterocycles. The monoisotopic (exact) mass is 895 g/mol.